The predicted octanol–water partition coefficient (Wildman–Crippen LogP) is -0.114. The van der Waals surface area contributed by atoms with Crippen LogP contribution in [-0.4, -0.2) is 79.1 Å². The maximum absolute atomic E-state index is 13.0. The summed E-state index contributed by atoms with van der Waals surface area (Å²) >= 11 is 3.83. The van der Waals surface area contributed by atoms with Gasteiger partial charge in [0.05, 0.1) is 0 Å². The topological polar surface area (TPSA) is 188 Å². The van der Waals surface area contributed by atoms with Crippen molar-refractivity contribution in [2.24, 2.45) is 12.2 Å². The molecule has 13 nitrogen and oxygen atoms in total. The van der Waals surface area contributed by atoms with E-state index in [2.05, 4.69) is 15.5 Å². The van der Waals surface area contributed by atoms with E-state index in [0.29, 0.717) is 17.1 Å². The third kappa shape index (κ3) is 5.70. The van der Waals surface area contributed by atoms with Gasteiger partial charge in [-0.3, -0.25) is 14.5 Å². The highest BCUT2D eigenvalue weighted by Gasteiger charge is 2.54. The van der Waals surface area contributed by atoms with Crippen LogP contribution < -0.4 is 15.6 Å². The van der Waals surface area contributed by atoms with Gasteiger partial charge in [-0.1, -0.05) is 16.9 Å². The molecule has 0 bridgehead atoms. The third-order valence-electron chi connectivity index (χ3n) is 5.26. The van der Waals surface area contributed by atoms with Crippen LogP contribution in [0.15, 0.2) is 51.2 Å². The number of carbonyl (C=O) groups is 4. The molecule has 16 heteroatoms. The number of carboxylic acids is 2. The predicted molar refractivity (Wildman–Crippen MR) is 135 cm³/mol. The molecule has 0 unspecified atom stereocenters. The minimum absolute atomic E-state index is 0.0461. The highest BCUT2D eigenvalue weighted by atomic mass is 32.2. The highest BCUT2D eigenvalue weighted by Crippen LogP contribution is 2.41. The van der Waals surface area contributed by atoms with E-state index in [4.69, 9.17) is 15.7 Å². The van der Waals surface area contributed by atoms with Crippen LogP contribution in [0.4, 0.5) is 5.13 Å². The van der Waals surface area contributed by atoms with Crippen molar-refractivity contribution in [3.8, 4) is 0 Å². The lowest BCUT2D eigenvalue weighted by Crippen LogP contribution is -2.71. The first-order chi connectivity index (χ1) is 17.7. The summed E-state index contributed by atoms with van der Waals surface area (Å²) in [6.45, 7) is -0.792. The lowest BCUT2D eigenvalue weighted by Gasteiger charge is -2.49. The molecule has 2 amide bonds. The summed E-state index contributed by atoms with van der Waals surface area (Å²) in [5.41, 5.74) is 5.83. The average Bonchev–Trinajstić information content (AvgIpc) is 3.29. The first-order valence-electron chi connectivity index (χ1n) is 10.6. The summed E-state index contributed by atoms with van der Waals surface area (Å²) in [6, 6.07) is 4.67. The Balaban J connectivity index is 1.49. The molecule has 1 fully saturated rings. The van der Waals surface area contributed by atoms with Crippen molar-refractivity contribution >= 4 is 69.5 Å². The summed E-state index contributed by atoms with van der Waals surface area (Å²) in [7, 11) is 1.89. The molecule has 1 saturated heterocycles. The number of rotatable bonds is 10. The normalized spacial score (nSPS) is 19.2. The van der Waals surface area contributed by atoms with Gasteiger partial charge in [0.25, 0.3) is 11.8 Å². The quantitative estimate of drug-likeness (QED) is 0.0989. The number of nitrogen functional groups attached to an aromatic ring is 1. The lowest BCUT2D eigenvalue weighted by atomic mass is 10.0. The molecule has 0 aromatic carbocycles. The molecule has 0 radical (unpaired) electrons. The number of fused-ring (bicyclic) bond motifs is 1. The zero-order chi connectivity index (χ0) is 26.7. The number of amides is 2. The smallest absolute Gasteiger partial charge is 0.352 e. The largest absolute Gasteiger partial charge is 0.479 e. The Hall–Kier alpha value is -3.63. The standard InChI is InChI=1S/C21H20N6O7S3/c1-26-5-3-2-4-12(26)35-7-10-8-36-19-15(18(31)27(19)16(10)20(32)33)24-17(30)14(25-34-6-13(28)29)11-9-37-21(22)23-11/h2-5,9,15,19H,6-8H2,1H3,(H4-,22,23,24,28,29,30,32,33)/p+1/t15-,19-/m1/s1. The molecule has 4 rings (SSSR count). The maximum Gasteiger partial charge on any atom is 0.352 e. The fourth-order valence-corrected chi connectivity index (χ4v) is 6.60. The molecular formula is C21H21N6O7S3+. The van der Waals surface area contributed by atoms with Crippen LogP contribution in [0.3, 0.4) is 0 Å². The summed E-state index contributed by atoms with van der Waals surface area (Å²) in [5.74, 6) is -3.21. The molecule has 2 aromatic rings. The van der Waals surface area contributed by atoms with Crippen LogP contribution in [0.1, 0.15) is 5.69 Å². The molecule has 5 N–H and O–H groups in total. The second-order valence-electron chi connectivity index (χ2n) is 7.73. The van der Waals surface area contributed by atoms with Gasteiger partial charge in [-0.25, -0.2) is 14.6 Å². The third-order valence-corrected chi connectivity index (χ3v) is 8.49. The van der Waals surface area contributed by atoms with Crippen molar-refractivity contribution in [3.63, 3.8) is 0 Å². The molecule has 37 heavy (non-hydrogen) atoms. The summed E-state index contributed by atoms with van der Waals surface area (Å²) < 4.78 is 1.92. The van der Waals surface area contributed by atoms with Crippen LogP contribution in [0.2, 0.25) is 0 Å². The van der Waals surface area contributed by atoms with Crippen molar-refractivity contribution in [1.82, 2.24) is 15.2 Å². The zero-order valence-electron chi connectivity index (χ0n) is 19.2. The number of carbonyl (C=O) groups excluding carboxylic acids is 2. The fraction of sp³-hybridized carbons (Fsp3) is 0.286. The van der Waals surface area contributed by atoms with Gasteiger partial charge in [-0.15, -0.1) is 23.1 Å². The minimum Gasteiger partial charge on any atom is -0.479 e. The second-order valence-corrected chi connectivity index (χ2v) is 10.7. The number of thioether (sulfide) groups is 2. The van der Waals surface area contributed by atoms with Gasteiger partial charge >= 0.3 is 11.9 Å². The monoisotopic (exact) mass is 565 g/mol. The van der Waals surface area contributed by atoms with Crippen molar-refractivity contribution < 1.29 is 38.8 Å². The second kappa shape index (κ2) is 11.2. The van der Waals surface area contributed by atoms with E-state index < -0.39 is 41.8 Å². The van der Waals surface area contributed by atoms with E-state index in [1.807, 2.05) is 36.0 Å². The molecule has 2 aliphatic heterocycles. The Morgan fingerprint density at radius 2 is 2.16 bits per heavy atom. The Labute approximate surface area is 222 Å². The Bertz CT molecular complexity index is 1330. The SMILES string of the molecule is C[n+]1ccccc1SCC1=C(C(=O)O)N2C(=O)[C@@H](NC(=O)C(=NOCC(=O)O)c3csc(N)n3)[C@H]2SC1. The number of nitrogens with two attached hydrogens (primary N) is 1. The van der Waals surface area contributed by atoms with Crippen molar-refractivity contribution in [2.75, 3.05) is 23.8 Å². The molecule has 4 heterocycles. The fourth-order valence-electron chi connectivity index (χ4n) is 3.58. The van der Waals surface area contributed by atoms with E-state index >= 15 is 0 Å². The number of β-lactam (4-membered cyclic amide) rings is 1. The van der Waals surface area contributed by atoms with Crippen LogP contribution in [0.25, 0.3) is 0 Å². The first-order valence-corrected chi connectivity index (χ1v) is 13.5. The molecular weight excluding hydrogens is 544 g/mol. The number of nitrogens with zero attached hydrogens (tertiary/aromatic N) is 4. The van der Waals surface area contributed by atoms with Gasteiger partial charge in [0.2, 0.25) is 11.6 Å². The van der Waals surface area contributed by atoms with E-state index in [1.165, 1.54) is 33.8 Å². The van der Waals surface area contributed by atoms with Gasteiger partial charge in [-0.2, -0.15) is 4.57 Å². The number of oxime groups is 1. The molecule has 0 aliphatic carbocycles. The molecule has 0 saturated carbocycles. The average molecular weight is 566 g/mol. The summed E-state index contributed by atoms with van der Waals surface area (Å²) in [4.78, 5) is 58.7. The molecule has 0 spiro atoms. The Kier molecular flexibility index (Phi) is 7.99. The molecule has 2 aliphatic rings. The number of aryl methyl sites for hydroxylation is 1. The van der Waals surface area contributed by atoms with E-state index in [-0.39, 0.29) is 22.2 Å². The number of aromatic nitrogens is 2. The Morgan fingerprint density at radius 3 is 2.81 bits per heavy atom. The van der Waals surface area contributed by atoms with Crippen LogP contribution >= 0.6 is 34.9 Å². The van der Waals surface area contributed by atoms with Crippen LogP contribution in [0, 0.1) is 0 Å². The van der Waals surface area contributed by atoms with Crippen LogP contribution in [-0.2, 0) is 31.1 Å². The van der Waals surface area contributed by atoms with Gasteiger partial charge in [0, 0.05) is 29.0 Å². The van der Waals surface area contributed by atoms with Crippen LogP contribution in [0.5, 0.6) is 0 Å². The lowest BCUT2D eigenvalue weighted by molar-refractivity contribution is -0.708. The number of hydrogen-bond acceptors (Lipinski definition) is 11. The number of pyridine rings is 1. The van der Waals surface area contributed by atoms with Gasteiger partial charge < -0.3 is 26.1 Å². The number of anilines is 1. The van der Waals surface area contributed by atoms with E-state index in [0.717, 1.165) is 16.4 Å². The van der Waals surface area contributed by atoms with Crippen molar-refractivity contribution in [1.29, 1.82) is 0 Å². The minimum atomic E-state index is -1.30. The van der Waals surface area contributed by atoms with Gasteiger partial charge in [-0.05, 0) is 11.6 Å². The maximum atomic E-state index is 13.0. The number of hydrogen-bond donors (Lipinski definition) is 4. The highest BCUT2D eigenvalue weighted by molar-refractivity contribution is 8.01. The first kappa shape index (κ1) is 26.4. The number of aliphatic carboxylic acids is 2. The van der Waals surface area contributed by atoms with E-state index in [1.54, 1.807) is 0 Å². The molecule has 2 aromatic heterocycles. The molecule has 194 valence electrons. The number of nitrogens with one attached hydrogen (secondary N) is 1. The summed E-state index contributed by atoms with van der Waals surface area (Å²) in [6.07, 6.45) is 1.89. The van der Waals surface area contributed by atoms with E-state index in [9.17, 15) is 24.3 Å². The Morgan fingerprint density at radius 1 is 1.38 bits per heavy atom. The van der Waals surface area contributed by atoms with Crippen molar-refractivity contribution in [3.05, 3.63) is 46.7 Å². The van der Waals surface area contributed by atoms with Gasteiger partial charge in [0.15, 0.2) is 17.0 Å². The zero-order valence-corrected chi connectivity index (χ0v) is 21.6. The molecule has 2 atom stereocenters. The van der Waals surface area contributed by atoms with Gasteiger partial charge in [0.1, 0.15) is 29.9 Å². The number of carboxylic acid groups (broad SMARTS) is 2. The number of thiazole rings is 1. The summed E-state index contributed by atoms with van der Waals surface area (Å²) in [5, 5.41) is 26.7. The van der Waals surface area contributed by atoms with Crippen molar-refractivity contribution in [2.45, 2.75) is 16.4 Å².